The maximum atomic E-state index is 5.72. The van der Waals surface area contributed by atoms with E-state index in [4.69, 9.17) is 19.0 Å². The summed E-state index contributed by atoms with van der Waals surface area (Å²) in [5, 5.41) is 0. The Balaban J connectivity index is 0. The highest BCUT2D eigenvalue weighted by Gasteiger charge is 2.40. The van der Waals surface area contributed by atoms with Gasteiger partial charge in [0.05, 0.1) is 0 Å². The van der Waals surface area contributed by atoms with Crippen LogP contribution in [0, 0.1) is 5.92 Å². The first-order chi connectivity index (χ1) is 8.01. The molecule has 106 valence electrons. The predicted octanol–water partition coefficient (Wildman–Crippen LogP) is 2.66. The minimum Gasteiger partial charge on any atom is -0.374 e. The lowest BCUT2D eigenvalue weighted by atomic mass is 10.3. The van der Waals surface area contributed by atoms with E-state index in [-0.39, 0.29) is 0 Å². The molecule has 0 amide bonds. The molecule has 0 aromatic rings. The van der Waals surface area contributed by atoms with Gasteiger partial charge in [-0.25, -0.2) is 0 Å². The average Bonchev–Trinajstić information content (AvgIpc) is 2.18. The topological polar surface area (TPSA) is 53.7 Å². The summed E-state index contributed by atoms with van der Waals surface area (Å²) < 4.78 is 17.1. The summed E-state index contributed by atoms with van der Waals surface area (Å²) in [6.07, 6.45) is 0. The molecular formula is C12H31NO3Si. The van der Waals surface area contributed by atoms with Crippen molar-refractivity contribution in [3.8, 4) is 0 Å². The van der Waals surface area contributed by atoms with Crippen molar-refractivity contribution in [2.75, 3.05) is 26.4 Å². The molecule has 0 rings (SSSR count). The van der Waals surface area contributed by atoms with Crippen LogP contribution in [-0.4, -0.2) is 35.2 Å². The quantitative estimate of drug-likeness (QED) is 0.686. The van der Waals surface area contributed by atoms with Gasteiger partial charge in [0, 0.05) is 25.9 Å². The highest BCUT2D eigenvalue weighted by Crippen LogP contribution is 2.20. The van der Waals surface area contributed by atoms with Crippen molar-refractivity contribution in [1.82, 2.24) is 0 Å². The van der Waals surface area contributed by atoms with Gasteiger partial charge in [-0.1, -0.05) is 20.8 Å². The van der Waals surface area contributed by atoms with E-state index in [1.54, 1.807) is 0 Å². The van der Waals surface area contributed by atoms with Crippen LogP contribution in [0.3, 0.4) is 0 Å². The van der Waals surface area contributed by atoms with Gasteiger partial charge in [0.25, 0.3) is 0 Å². The minimum absolute atomic E-state index is 0.548. The second-order valence-electron chi connectivity index (χ2n) is 3.99. The van der Waals surface area contributed by atoms with Crippen LogP contribution in [0.2, 0.25) is 6.04 Å². The van der Waals surface area contributed by atoms with Gasteiger partial charge in [-0.05, 0) is 33.2 Å². The number of nitrogens with two attached hydrogens (primary N) is 1. The maximum Gasteiger partial charge on any atom is 0.501 e. The molecule has 0 aromatic carbocycles. The normalized spacial score (nSPS) is 11.3. The van der Waals surface area contributed by atoms with Gasteiger partial charge in [-0.3, -0.25) is 0 Å². The van der Waals surface area contributed by atoms with Crippen molar-refractivity contribution in [1.29, 1.82) is 0 Å². The highest BCUT2D eigenvalue weighted by molar-refractivity contribution is 6.60. The van der Waals surface area contributed by atoms with Gasteiger partial charge < -0.3 is 19.0 Å². The van der Waals surface area contributed by atoms with Crippen LogP contribution in [0.1, 0.15) is 41.5 Å². The second-order valence-corrected chi connectivity index (χ2v) is 6.63. The first-order valence-electron chi connectivity index (χ1n) is 6.63. The molecule has 0 unspecified atom stereocenters. The zero-order valence-corrected chi connectivity index (χ0v) is 13.4. The third-order valence-electron chi connectivity index (χ3n) is 1.75. The van der Waals surface area contributed by atoms with E-state index in [0.29, 0.717) is 25.7 Å². The molecule has 0 spiro atoms. The number of rotatable bonds is 8. The van der Waals surface area contributed by atoms with Crippen LogP contribution in [0.5, 0.6) is 0 Å². The summed E-state index contributed by atoms with van der Waals surface area (Å²) in [4.78, 5) is 0. The fraction of sp³-hybridized carbons (Fsp3) is 1.00. The molecule has 5 heteroatoms. The third kappa shape index (κ3) is 10.9. The molecular weight excluding hydrogens is 234 g/mol. The monoisotopic (exact) mass is 265 g/mol. The molecule has 2 N–H and O–H groups in total. The fourth-order valence-corrected chi connectivity index (χ4v) is 4.38. The molecule has 4 nitrogen and oxygen atoms in total. The molecule has 0 radical (unpaired) electrons. The Bertz CT molecular complexity index is 140. The van der Waals surface area contributed by atoms with E-state index in [0.717, 1.165) is 12.6 Å². The lowest BCUT2D eigenvalue weighted by Crippen LogP contribution is -2.46. The van der Waals surface area contributed by atoms with Crippen LogP contribution in [-0.2, 0) is 13.3 Å². The summed E-state index contributed by atoms with van der Waals surface area (Å²) in [5.41, 5.74) is 4.85. The Hall–Kier alpha value is 0.0569. The van der Waals surface area contributed by atoms with E-state index < -0.39 is 8.80 Å². The van der Waals surface area contributed by atoms with Crippen molar-refractivity contribution in [2.45, 2.75) is 47.6 Å². The first kappa shape index (κ1) is 19.4. The van der Waals surface area contributed by atoms with Crippen LogP contribution in [0.4, 0.5) is 0 Å². The Morgan fingerprint density at radius 3 is 1.35 bits per heavy atom. The summed E-state index contributed by atoms with van der Waals surface area (Å²) >= 11 is 0. The van der Waals surface area contributed by atoms with Crippen molar-refractivity contribution in [3.05, 3.63) is 0 Å². The van der Waals surface area contributed by atoms with Gasteiger partial charge in [-0.2, -0.15) is 0 Å². The van der Waals surface area contributed by atoms with Crippen LogP contribution >= 0.6 is 0 Å². The molecule has 0 atom stereocenters. The molecule has 0 aliphatic heterocycles. The lowest BCUT2D eigenvalue weighted by Gasteiger charge is -2.29. The Morgan fingerprint density at radius 2 is 1.18 bits per heavy atom. The predicted molar refractivity (Wildman–Crippen MR) is 75.0 cm³/mol. The van der Waals surface area contributed by atoms with E-state index in [9.17, 15) is 0 Å². The summed E-state index contributed by atoms with van der Waals surface area (Å²) in [7, 11) is -2.36. The van der Waals surface area contributed by atoms with Gasteiger partial charge in [0.1, 0.15) is 0 Å². The van der Waals surface area contributed by atoms with Gasteiger partial charge in [0.15, 0.2) is 0 Å². The summed E-state index contributed by atoms with van der Waals surface area (Å²) in [5.74, 6) is 0.548. The molecule has 0 bridgehead atoms. The van der Waals surface area contributed by atoms with Crippen molar-refractivity contribution in [3.63, 3.8) is 0 Å². The van der Waals surface area contributed by atoms with E-state index in [1.165, 1.54) is 0 Å². The van der Waals surface area contributed by atoms with Crippen LogP contribution < -0.4 is 5.73 Å². The zero-order chi connectivity index (χ0) is 13.7. The molecule has 0 saturated heterocycles. The van der Waals surface area contributed by atoms with E-state index in [2.05, 4.69) is 13.8 Å². The fourth-order valence-electron chi connectivity index (χ4n) is 1.46. The van der Waals surface area contributed by atoms with Crippen LogP contribution in [0.25, 0.3) is 0 Å². The van der Waals surface area contributed by atoms with E-state index >= 15 is 0 Å². The maximum absolute atomic E-state index is 5.72. The molecule has 0 aliphatic rings. The molecule has 0 aliphatic carbocycles. The smallest absolute Gasteiger partial charge is 0.374 e. The average molecular weight is 265 g/mol. The third-order valence-corrected chi connectivity index (χ3v) is 5.25. The zero-order valence-electron chi connectivity index (χ0n) is 12.4. The minimum atomic E-state index is -2.36. The Labute approximate surface area is 108 Å². The number of hydrogen-bond acceptors (Lipinski definition) is 4. The SMILES string of the molecule is CCN.CCO[Si](CC(C)C)(OCC)OCC. The van der Waals surface area contributed by atoms with E-state index in [1.807, 2.05) is 27.7 Å². The summed E-state index contributed by atoms with van der Waals surface area (Å²) in [6, 6.07) is 0.905. The van der Waals surface area contributed by atoms with Crippen molar-refractivity contribution in [2.24, 2.45) is 11.7 Å². The Kier molecular flexibility index (Phi) is 14.3. The first-order valence-corrected chi connectivity index (χ1v) is 8.56. The van der Waals surface area contributed by atoms with Gasteiger partial charge >= 0.3 is 8.80 Å². The van der Waals surface area contributed by atoms with Crippen molar-refractivity contribution >= 4 is 8.80 Å². The second kappa shape index (κ2) is 12.5. The lowest BCUT2D eigenvalue weighted by molar-refractivity contribution is 0.0683. The van der Waals surface area contributed by atoms with Crippen molar-refractivity contribution < 1.29 is 13.3 Å². The largest absolute Gasteiger partial charge is 0.501 e. The highest BCUT2D eigenvalue weighted by atomic mass is 28.4. The van der Waals surface area contributed by atoms with Gasteiger partial charge in [0.2, 0.25) is 0 Å². The molecule has 17 heavy (non-hydrogen) atoms. The Morgan fingerprint density at radius 1 is 0.882 bits per heavy atom. The molecule has 0 heterocycles. The molecule has 0 fully saturated rings. The standard InChI is InChI=1S/C10H24O3Si.C2H7N/c1-6-11-14(12-7-2,13-8-3)9-10(4)5;1-2-3/h10H,6-9H2,1-5H3;2-3H2,1H3. The summed E-state index contributed by atoms with van der Waals surface area (Å²) in [6.45, 7) is 14.9. The number of hydrogen-bond donors (Lipinski definition) is 1. The van der Waals surface area contributed by atoms with Crippen LogP contribution in [0.15, 0.2) is 0 Å². The molecule has 0 aromatic heterocycles. The molecule has 0 saturated carbocycles. The van der Waals surface area contributed by atoms with Gasteiger partial charge in [-0.15, -0.1) is 0 Å².